The van der Waals surface area contributed by atoms with Crippen molar-refractivity contribution in [2.45, 2.75) is 0 Å². The number of anilines is 3. The average molecular weight is 741 g/mol. The summed E-state index contributed by atoms with van der Waals surface area (Å²) in [7, 11) is 0. The van der Waals surface area contributed by atoms with Gasteiger partial charge >= 0.3 is 0 Å². The minimum Gasteiger partial charge on any atom is -0.435 e. The number of oxazole rings is 1. The van der Waals surface area contributed by atoms with E-state index in [9.17, 15) is 0 Å². The maximum absolute atomic E-state index is 6.51. The Morgan fingerprint density at radius 3 is 1.57 bits per heavy atom. The molecule has 0 saturated carbocycles. The lowest BCUT2D eigenvalue weighted by Gasteiger charge is -2.26. The molecule has 0 amide bonds. The van der Waals surface area contributed by atoms with Crippen LogP contribution in [0.3, 0.4) is 0 Å². The summed E-state index contributed by atoms with van der Waals surface area (Å²) >= 11 is 0. The van der Waals surface area contributed by atoms with Crippen molar-refractivity contribution in [2.75, 3.05) is 4.90 Å². The maximum atomic E-state index is 6.51. The molecule has 0 unspecified atom stereocenters. The van der Waals surface area contributed by atoms with Crippen molar-refractivity contribution in [1.29, 1.82) is 0 Å². The molecule has 3 nitrogen and oxygen atoms in total. The number of rotatable bonds is 7. The number of hydrogen-bond donors (Lipinski definition) is 0. The molecule has 0 atom stereocenters. The molecular formula is C55H36N2O. The minimum absolute atomic E-state index is 0.633. The van der Waals surface area contributed by atoms with Crippen LogP contribution in [0.4, 0.5) is 17.1 Å². The van der Waals surface area contributed by atoms with Crippen molar-refractivity contribution in [3.8, 4) is 44.8 Å². The lowest BCUT2D eigenvalue weighted by atomic mass is 9.97. The third-order valence-corrected chi connectivity index (χ3v) is 11.2. The zero-order chi connectivity index (χ0) is 38.4. The van der Waals surface area contributed by atoms with Crippen LogP contribution in [-0.4, -0.2) is 4.98 Å². The van der Waals surface area contributed by atoms with Gasteiger partial charge in [-0.2, -0.15) is 0 Å². The number of aromatic nitrogens is 1. The van der Waals surface area contributed by atoms with Crippen molar-refractivity contribution in [3.05, 3.63) is 218 Å². The molecule has 0 aliphatic heterocycles. The summed E-state index contributed by atoms with van der Waals surface area (Å²) in [5.74, 6) is 0.633. The van der Waals surface area contributed by atoms with E-state index in [0.29, 0.717) is 5.89 Å². The minimum atomic E-state index is 0.633. The molecule has 1 heterocycles. The molecule has 0 saturated heterocycles. The number of hydrogen-bond acceptors (Lipinski definition) is 3. The van der Waals surface area contributed by atoms with Crippen LogP contribution in [0.5, 0.6) is 0 Å². The Morgan fingerprint density at radius 1 is 0.310 bits per heavy atom. The highest BCUT2D eigenvalue weighted by molar-refractivity contribution is 6.05. The molecule has 0 radical (unpaired) electrons. The van der Waals surface area contributed by atoms with Crippen LogP contribution < -0.4 is 4.90 Å². The van der Waals surface area contributed by atoms with Gasteiger partial charge in [-0.15, -0.1) is 0 Å². The largest absolute Gasteiger partial charge is 0.435 e. The molecule has 11 rings (SSSR count). The van der Waals surface area contributed by atoms with Gasteiger partial charge in [0.05, 0.1) is 0 Å². The predicted molar refractivity (Wildman–Crippen MR) is 243 cm³/mol. The van der Waals surface area contributed by atoms with E-state index >= 15 is 0 Å². The molecule has 0 spiro atoms. The van der Waals surface area contributed by atoms with E-state index in [1.807, 2.05) is 0 Å². The SMILES string of the molecule is c1ccc(-c2ccc(N(c3cccc(-c4ccc(-c5ccc6ccc7nc(-c8ccc9ccccc9c8)oc7c6c5)cc4)c3)c3ccc4ccccc4c3)cc2)cc1. The summed E-state index contributed by atoms with van der Waals surface area (Å²) in [5, 5.41) is 6.97. The Balaban J connectivity index is 0.929. The first-order valence-corrected chi connectivity index (χ1v) is 19.7. The highest BCUT2D eigenvalue weighted by atomic mass is 16.3. The average Bonchev–Trinajstić information content (AvgIpc) is 3.75. The molecule has 0 N–H and O–H groups in total. The van der Waals surface area contributed by atoms with E-state index in [1.54, 1.807) is 0 Å². The van der Waals surface area contributed by atoms with Crippen LogP contribution in [0.15, 0.2) is 223 Å². The van der Waals surface area contributed by atoms with Crippen LogP contribution >= 0.6 is 0 Å². The maximum Gasteiger partial charge on any atom is 0.227 e. The van der Waals surface area contributed by atoms with E-state index in [-0.39, 0.29) is 0 Å². The molecular weight excluding hydrogens is 705 g/mol. The Bertz CT molecular complexity index is 3270. The van der Waals surface area contributed by atoms with Gasteiger partial charge in [-0.25, -0.2) is 4.98 Å². The fraction of sp³-hybridized carbons (Fsp3) is 0. The third kappa shape index (κ3) is 6.16. The predicted octanol–water partition coefficient (Wildman–Crippen LogP) is 15.4. The van der Waals surface area contributed by atoms with E-state index in [0.717, 1.165) is 66.8 Å². The van der Waals surface area contributed by atoms with E-state index < -0.39 is 0 Å². The highest BCUT2D eigenvalue weighted by Gasteiger charge is 2.16. The first-order chi connectivity index (χ1) is 28.7. The standard InChI is InChI=1S/C55H36N2O/c1-2-9-37(10-3-1)40-25-29-49(30-26-40)57(51-31-27-39-12-5-7-14-45(39)35-51)50-16-8-15-46(34-50)41-17-19-42(20-18-41)47-23-22-43-28-32-53-54(52(43)36-47)58-55(56-53)48-24-21-38-11-4-6-13-44(38)33-48/h1-36H. The molecule has 10 aromatic carbocycles. The zero-order valence-corrected chi connectivity index (χ0v) is 31.6. The molecule has 11 aromatic rings. The van der Waals surface area contributed by atoms with Gasteiger partial charge in [-0.05, 0) is 121 Å². The van der Waals surface area contributed by atoms with E-state index in [2.05, 4.69) is 223 Å². The van der Waals surface area contributed by atoms with Gasteiger partial charge in [0.25, 0.3) is 0 Å². The van der Waals surface area contributed by atoms with Gasteiger partial charge in [-0.1, -0.05) is 158 Å². The lowest BCUT2D eigenvalue weighted by Crippen LogP contribution is -2.10. The Kier molecular flexibility index (Phi) is 8.15. The smallest absolute Gasteiger partial charge is 0.227 e. The van der Waals surface area contributed by atoms with Crippen LogP contribution in [0.2, 0.25) is 0 Å². The topological polar surface area (TPSA) is 29.3 Å². The second-order valence-electron chi connectivity index (χ2n) is 14.8. The molecule has 0 fully saturated rings. The number of benzene rings is 10. The van der Waals surface area contributed by atoms with E-state index in [1.165, 1.54) is 32.7 Å². The first kappa shape index (κ1) is 33.6. The van der Waals surface area contributed by atoms with Gasteiger partial charge < -0.3 is 9.32 Å². The molecule has 0 aliphatic carbocycles. The molecule has 58 heavy (non-hydrogen) atoms. The normalized spacial score (nSPS) is 11.4. The van der Waals surface area contributed by atoms with Crippen LogP contribution in [0, 0.1) is 0 Å². The third-order valence-electron chi connectivity index (χ3n) is 11.2. The highest BCUT2D eigenvalue weighted by Crippen LogP contribution is 2.40. The lowest BCUT2D eigenvalue weighted by molar-refractivity contribution is 0.623. The van der Waals surface area contributed by atoms with Gasteiger partial charge in [-0.3, -0.25) is 0 Å². The molecule has 1 aromatic heterocycles. The molecule has 0 bridgehead atoms. The monoisotopic (exact) mass is 740 g/mol. The fourth-order valence-electron chi connectivity index (χ4n) is 8.21. The van der Waals surface area contributed by atoms with Crippen molar-refractivity contribution in [2.24, 2.45) is 0 Å². The van der Waals surface area contributed by atoms with Gasteiger partial charge in [0.2, 0.25) is 5.89 Å². The van der Waals surface area contributed by atoms with Crippen molar-refractivity contribution in [1.82, 2.24) is 4.98 Å². The van der Waals surface area contributed by atoms with Crippen LogP contribution in [0.1, 0.15) is 0 Å². The quantitative estimate of drug-likeness (QED) is 0.163. The van der Waals surface area contributed by atoms with Gasteiger partial charge in [0.15, 0.2) is 5.58 Å². The molecule has 272 valence electrons. The number of nitrogens with zero attached hydrogens (tertiary/aromatic N) is 2. The first-order valence-electron chi connectivity index (χ1n) is 19.7. The molecule has 0 aliphatic rings. The summed E-state index contributed by atoms with van der Waals surface area (Å²) in [5.41, 5.74) is 12.9. The van der Waals surface area contributed by atoms with Gasteiger partial charge in [0.1, 0.15) is 5.52 Å². The summed E-state index contributed by atoms with van der Waals surface area (Å²) in [6.07, 6.45) is 0. The van der Waals surface area contributed by atoms with Crippen LogP contribution in [0.25, 0.3) is 88.3 Å². The second kappa shape index (κ2) is 14.1. The fourth-order valence-corrected chi connectivity index (χ4v) is 8.21. The van der Waals surface area contributed by atoms with Crippen molar-refractivity contribution in [3.63, 3.8) is 0 Å². The number of fused-ring (bicyclic) bond motifs is 5. The summed E-state index contributed by atoms with van der Waals surface area (Å²) in [4.78, 5) is 7.26. The summed E-state index contributed by atoms with van der Waals surface area (Å²) in [6, 6.07) is 77.9. The molecule has 3 heteroatoms. The summed E-state index contributed by atoms with van der Waals surface area (Å²) < 4.78 is 6.51. The Labute approximate surface area is 336 Å². The van der Waals surface area contributed by atoms with Crippen molar-refractivity contribution >= 4 is 60.5 Å². The Morgan fingerprint density at radius 2 is 0.810 bits per heavy atom. The zero-order valence-electron chi connectivity index (χ0n) is 31.6. The van der Waals surface area contributed by atoms with Crippen molar-refractivity contribution < 1.29 is 4.42 Å². The van der Waals surface area contributed by atoms with Gasteiger partial charge in [0, 0.05) is 28.0 Å². The van der Waals surface area contributed by atoms with Crippen LogP contribution in [-0.2, 0) is 0 Å². The Hall–Kier alpha value is -7.75. The second-order valence-corrected chi connectivity index (χ2v) is 14.8. The summed E-state index contributed by atoms with van der Waals surface area (Å²) in [6.45, 7) is 0. The van der Waals surface area contributed by atoms with E-state index in [4.69, 9.17) is 9.40 Å².